The molecule has 1 aliphatic rings. The average Bonchev–Trinajstić information content (AvgIpc) is 3.53. The van der Waals surface area contributed by atoms with Crippen LogP contribution in [0.3, 0.4) is 0 Å². The molecule has 0 aromatic heterocycles. The predicted molar refractivity (Wildman–Crippen MR) is 191 cm³/mol. The fourth-order valence-electron chi connectivity index (χ4n) is 7.50. The molecule has 0 radical (unpaired) electrons. The topological polar surface area (TPSA) is 157 Å². The number of hydrogen-bond acceptors (Lipinski definition) is 14. The maximum atomic E-state index is 7.73. The highest BCUT2D eigenvalue weighted by atomic mass is 28.4. The summed E-state index contributed by atoms with van der Waals surface area (Å²) in [6.07, 6.45) is 7.29. The van der Waals surface area contributed by atoms with Crippen molar-refractivity contribution in [2.75, 3.05) is 97.8 Å². The molecule has 0 bridgehead atoms. The van der Waals surface area contributed by atoms with Gasteiger partial charge in [-0.05, 0) is 77.4 Å². The summed E-state index contributed by atoms with van der Waals surface area (Å²) in [4.78, 5) is 0. The molecule has 1 saturated heterocycles. The van der Waals surface area contributed by atoms with Gasteiger partial charge in [0, 0.05) is 113 Å². The van der Waals surface area contributed by atoms with Crippen LogP contribution in [0.5, 0.6) is 0 Å². The summed E-state index contributed by atoms with van der Waals surface area (Å²) in [5, 5.41) is 0. The van der Waals surface area contributed by atoms with Crippen molar-refractivity contribution < 1.29 is 48.7 Å². The second-order valence-corrected chi connectivity index (χ2v) is 25.0. The zero-order valence-corrected chi connectivity index (χ0v) is 35.4. The van der Waals surface area contributed by atoms with Gasteiger partial charge in [-0.15, -0.1) is 0 Å². The minimum absolute atomic E-state index is 0.409. The molecule has 47 heavy (non-hydrogen) atoms. The summed E-state index contributed by atoms with van der Waals surface area (Å²) in [6.45, 7) is 2.22. The maximum absolute atomic E-state index is 7.73. The SMILES string of the molecule is CO[Si](CCCC(N)(CCCN1CCC[Si]1(OC)OC)C(CN)(CCC[Si](OC)(OC)OC)CCC[Si](OC)(OC)OC)(OC)OC. The third kappa shape index (κ3) is 11.4. The van der Waals surface area contributed by atoms with Gasteiger partial charge in [0.25, 0.3) is 0 Å². The zero-order chi connectivity index (χ0) is 35.7. The van der Waals surface area contributed by atoms with E-state index in [1.807, 2.05) is 0 Å². The standard InChI is InChI=1S/C29H69N3O11Si4/c1-33-44(34-2)23-16-22-32(44)21-12-19-29(31,20-15-26-47(41-9,42-10)43-11)28(27-30,17-13-24-45(35-3,36-4)37-5)18-14-25-46(38-6,39-7)40-8/h12-27,30-31H2,1-11H3. The molecule has 1 unspecified atom stereocenters. The van der Waals surface area contributed by atoms with E-state index in [1.54, 1.807) is 78.2 Å². The van der Waals surface area contributed by atoms with Gasteiger partial charge < -0.3 is 60.2 Å². The normalized spacial score (nSPS) is 17.8. The highest BCUT2D eigenvalue weighted by Crippen LogP contribution is 2.46. The summed E-state index contributed by atoms with van der Waals surface area (Å²) in [6, 6.07) is 2.91. The maximum Gasteiger partial charge on any atom is 0.500 e. The zero-order valence-electron chi connectivity index (χ0n) is 31.4. The van der Waals surface area contributed by atoms with Crippen LogP contribution in [0.15, 0.2) is 0 Å². The Kier molecular flexibility index (Phi) is 20.9. The molecule has 0 aromatic rings. The van der Waals surface area contributed by atoms with Crippen LogP contribution in [-0.2, 0) is 48.7 Å². The lowest BCUT2D eigenvalue weighted by atomic mass is 9.61. The smallest absolute Gasteiger partial charge is 0.386 e. The van der Waals surface area contributed by atoms with Crippen LogP contribution in [-0.4, -0.2) is 143 Å². The summed E-state index contributed by atoms with van der Waals surface area (Å²) in [5.74, 6) is 0. The van der Waals surface area contributed by atoms with Crippen molar-refractivity contribution in [2.45, 2.75) is 87.5 Å². The van der Waals surface area contributed by atoms with Crippen LogP contribution in [0.25, 0.3) is 0 Å². The molecule has 4 N–H and O–H groups in total. The van der Waals surface area contributed by atoms with Gasteiger partial charge in [-0.25, -0.2) is 0 Å². The van der Waals surface area contributed by atoms with Crippen molar-refractivity contribution >= 4 is 35.1 Å². The predicted octanol–water partition coefficient (Wildman–Crippen LogP) is 3.32. The first-order valence-corrected chi connectivity index (χ1v) is 24.5. The van der Waals surface area contributed by atoms with E-state index in [0.29, 0.717) is 24.7 Å². The van der Waals surface area contributed by atoms with E-state index in [1.165, 1.54) is 0 Å². The monoisotopic (exact) mass is 747 g/mol. The second-order valence-electron chi connectivity index (χ2n) is 12.4. The lowest BCUT2D eigenvalue weighted by Gasteiger charge is -2.50. The molecular formula is C29H69N3O11Si4. The molecule has 0 spiro atoms. The van der Waals surface area contributed by atoms with E-state index in [9.17, 15) is 0 Å². The average molecular weight is 748 g/mol. The van der Waals surface area contributed by atoms with Crippen LogP contribution in [0.1, 0.15) is 57.8 Å². The molecule has 0 saturated carbocycles. The highest BCUT2D eigenvalue weighted by Gasteiger charge is 2.51. The Labute approximate surface area is 290 Å². The summed E-state index contributed by atoms with van der Waals surface area (Å²) >= 11 is 0. The first-order chi connectivity index (χ1) is 22.4. The van der Waals surface area contributed by atoms with Crippen molar-refractivity contribution in [2.24, 2.45) is 16.9 Å². The molecule has 282 valence electrons. The third-order valence-corrected chi connectivity index (χ3v) is 22.9. The fourth-order valence-corrected chi connectivity index (χ4v) is 15.7. The molecule has 1 aliphatic heterocycles. The van der Waals surface area contributed by atoms with Gasteiger partial charge in [-0.3, -0.25) is 4.57 Å². The molecule has 0 aromatic carbocycles. The van der Waals surface area contributed by atoms with E-state index in [-0.39, 0.29) is 0 Å². The van der Waals surface area contributed by atoms with E-state index < -0.39 is 46.1 Å². The van der Waals surface area contributed by atoms with Crippen molar-refractivity contribution in [1.29, 1.82) is 0 Å². The Hall–Kier alpha value is 0.308. The van der Waals surface area contributed by atoms with Gasteiger partial charge in [-0.1, -0.05) is 0 Å². The van der Waals surface area contributed by atoms with Crippen molar-refractivity contribution in [3.05, 3.63) is 0 Å². The molecule has 1 heterocycles. The van der Waals surface area contributed by atoms with E-state index in [2.05, 4.69) is 4.57 Å². The summed E-state index contributed by atoms with van der Waals surface area (Å²) < 4.78 is 66.3. The number of rotatable bonds is 29. The van der Waals surface area contributed by atoms with Gasteiger partial charge in [-0.2, -0.15) is 0 Å². The van der Waals surface area contributed by atoms with Gasteiger partial charge in [0.05, 0.1) is 0 Å². The Morgan fingerprint density at radius 3 is 1.28 bits per heavy atom. The van der Waals surface area contributed by atoms with Crippen LogP contribution >= 0.6 is 0 Å². The number of nitrogens with two attached hydrogens (primary N) is 2. The molecule has 18 heteroatoms. The molecule has 0 amide bonds. The Balaban J connectivity index is 3.50. The molecular weight excluding hydrogens is 679 g/mol. The van der Waals surface area contributed by atoms with Crippen LogP contribution in [0.2, 0.25) is 24.2 Å². The number of nitrogens with zero attached hydrogens (tertiary/aromatic N) is 1. The van der Waals surface area contributed by atoms with Crippen LogP contribution in [0, 0.1) is 5.41 Å². The lowest BCUT2D eigenvalue weighted by Crippen LogP contribution is -2.60. The largest absolute Gasteiger partial charge is 0.500 e. The molecule has 0 aliphatic carbocycles. The number of hydrogen-bond donors (Lipinski definition) is 2. The summed E-state index contributed by atoms with van der Waals surface area (Å²) in [5.41, 5.74) is 13.5. The van der Waals surface area contributed by atoms with Crippen LogP contribution < -0.4 is 11.5 Å². The summed E-state index contributed by atoms with van der Waals surface area (Å²) in [7, 11) is 7.53. The minimum atomic E-state index is -2.81. The Morgan fingerprint density at radius 2 is 0.936 bits per heavy atom. The van der Waals surface area contributed by atoms with E-state index in [0.717, 1.165) is 76.9 Å². The van der Waals surface area contributed by atoms with Gasteiger partial charge in [0.1, 0.15) is 0 Å². The van der Waals surface area contributed by atoms with Gasteiger partial charge >= 0.3 is 35.1 Å². The first-order valence-electron chi connectivity index (χ1n) is 16.7. The molecule has 1 atom stereocenters. The van der Waals surface area contributed by atoms with Crippen molar-refractivity contribution in [3.8, 4) is 0 Å². The Bertz CT molecular complexity index is 790. The Morgan fingerprint density at radius 1 is 0.574 bits per heavy atom. The second kappa shape index (κ2) is 21.6. The first kappa shape index (κ1) is 45.3. The molecule has 1 fully saturated rings. The molecule has 14 nitrogen and oxygen atoms in total. The minimum Gasteiger partial charge on any atom is -0.386 e. The molecule has 1 rings (SSSR count). The fraction of sp³-hybridized carbons (Fsp3) is 1.00. The highest BCUT2D eigenvalue weighted by molar-refractivity contribution is 6.65. The third-order valence-electron chi connectivity index (χ3n) is 10.7. The van der Waals surface area contributed by atoms with Crippen LogP contribution in [0.4, 0.5) is 0 Å². The van der Waals surface area contributed by atoms with Gasteiger partial charge in [0.2, 0.25) is 0 Å². The van der Waals surface area contributed by atoms with Crippen molar-refractivity contribution in [3.63, 3.8) is 0 Å². The van der Waals surface area contributed by atoms with E-state index in [4.69, 9.17) is 60.2 Å². The van der Waals surface area contributed by atoms with E-state index >= 15 is 0 Å². The lowest BCUT2D eigenvalue weighted by molar-refractivity contribution is 0.0660. The van der Waals surface area contributed by atoms with Crippen molar-refractivity contribution in [1.82, 2.24) is 4.57 Å². The van der Waals surface area contributed by atoms with Gasteiger partial charge in [0.15, 0.2) is 0 Å². The quantitative estimate of drug-likeness (QED) is 0.107.